The van der Waals surface area contributed by atoms with Crippen LogP contribution in [0.2, 0.25) is 0 Å². The summed E-state index contributed by atoms with van der Waals surface area (Å²) in [5, 5.41) is 9.89. The first-order valence-electron chi connectivity index (χ1n) is 16.9. The van der Waals surface area contributed by atoms with Crippen LogP contribution in [0.4, 0.5) is 0 Å². The van der Waals surface area contributed by atoms with E-state index in [4.69, 9.17) is 15.0 Å². The van der Waals surface area contributed by atoms with Gasteiger partial charge in [0.1, 0.15) is 0 Å². The van der Waals surface area contributed by atoms with E-state index in [2.05, 4.69) is 147 Å². The molecule has 1 aromatic heterocycles. The molecule has 230 valence electrons. The van der Waals surface area contributed by atoms with Gasteiger partial charge in [0.25, 0.3) is 0 Å². The van der Waals surface area contributed by atoms with Crippen LogP contribution >= 0.6 is 0 Å². The molecule has 0 N–H and O–H groups in total. The van der Waals surface area contributed by atoms with Crippen molar-refractivity contribution in [3.8, 4) is 45.3 Å². The van der Waals surface area contributed by atoms with Crippen molar-refractivity contribution >= 4 is 43.1 Å². The van der Waals surface area contributed by atoms with E-state index in [0.717, 1.165) is 27.5 Å². The minimum Gasteiger partial charge on any atom is -0.208 e. The normalized spacial score (nSPS) is 13.3. The summed E-state index contributed by atoms with van der Waals surface area (Å²) in [4.78, 5) is 15.1. The average Bonchev–Trinajstić information content (AvgIpc) is 3.40. The maximum absolute atomic E-state index is 5.08. The van der Waals surface area contributed by atoms with Gasteiger partial charge in [-0.15, -0.1) is 0 Å². The maximum Gasteiger partial charge on any atom is 0.164 e. The van der Waals surface area contributed by atoms with Crippen LogP contribution in [0.3, 0.4) is 0 Å². The molecule has 0 radical (unpaired) electrons. The third-order valence-electron chi connectivity index (χ3n) is 10.4. The first-order chi connectivity index (χ1) is 24.0. The molecular formula is C46H31N3. The Balaban J connectivity index is 1.16. The monoisotopic (exact) mass is 625 g/mol. The number of hydrogen-bond donors (Lipinski definition) is 0. The van der Waals surface area contributed by atoms with Crippen LogP contribution in [-0.4, -0.2) is 15.0 Å². The van der Waals surface area contributed by atoms with E-state index < -0.39 is 0 Å². The Morgan fingerprint density at radius 3 is 1.78 bits per heavy atom. The van der Waals surface area contributed by atoms with Crippen LogP contribution in [-0.2, 0) is 5.41 Å². The Hall–Kier alpha value is -6.19. The largest absolute Gasteiger partial charge is 0.208 e. The van der Waals surface area contributed by atoms with E-state index in [0.29, 0.717) is 17.5 Å². The lowest BCUT2D eigenvalue weighted by atomic mass is 9.79. The molecule has 1 heterocycles. The van der Waals surface area contributed by atoms with E-state index in [1.54, 1.807) is 0 Å². The molecule has 3 heteroatoms. The summed E-state index contributed by atoms with van der Waals surface area (Å²) in [7, 11) is 0. The Labute approximate surface area is 284 Å². The van der Waals surface area contributed by atoms with Crippen molar-refractivity contribution in [1.82, 2.24) is 15.0 Å². The second kappa shape index (κ2) is 10.4. The van der Waals surface area contributed by atoms with E-state index in [-0.39, 0.29) is 5.41 Å². The van der Waals surface area contributed by atoms with E-state index in [1.165, 1.54) is 54.6 Å². The molecule has 49 heavy (non-hydrogen) atoms. The van der Waals surface area contributed by atoms with Gasteiger partial charge in [0.2, 0.25) is 0 Å². The van der Waals surface area contributed by atoms with Crippen LogP contribution in [0.15, 0.2) is 152 Å². The molecule has 0 bridgehead atoms. The molecule has 3 nitrogen and oxygen atoms in total. The van der Waals surface area contributed by atoms with Gasteiger partial charge in [-0.1, -0.05) is 153 Å². The molecule has 0 saturated heterocycles. The summed E-state index contributed by atoms with van der Waals surface area (Å²) < 4.78 is 0. The van der Waals surface area contributed by atoms with Crippen molar-refractivity contribution in [2.24, 2.45) is 0 Å². The van der Waals surface area contributed by atoms with Gasteiger partial charge in [-0.3, -0.25) is 0 Å². The highest BCUT2D eigenvalue weighted by Gasteiger charge is 2.36. The van der Waals surface area contributed by atoms with Crippen molar-refractivity contribution in [1.29, 1.82) is 0 Å². The molecule has 0 amide bonds. The Morgan fingerprint density at radius 1 is 0.388 bits per heavy atom. The molecule has 0 spiro atoms. The molecule has 8 aromatic carbocycles. The third kappa shape index (κ3) is 4.25. The number of fused-ring (bicyclic) bond motifs is 10. The van der Waals surface area contributed by atoms with Gasteiger partial charge >= 0.3 is 0 Å². The Morgan fingerprint density at radius 2 is 0.959 bits per heavy atom. The highest BCUT2D eigenvalue weighted by atomic mass is 15.0. The Kier molecular flexibility index (Phi) is 5.92. The van der Waals surface area contributed by atoms with Crippen LogP contribution in [0.25, 0.3) is 88.4 Å². The van der Waals surface area contributed by atoms with Gasteiger partial charge < -0.3 is 0 Å². The smallest absolute Gasteiger partial charge is 0.164 e. The standard InChI is InChI=1S/C46H31N3/c1-46(2)40-15-9-8-14-36(40)38-25-24-37-39(42(38)46)23-20-29-17-18-32-27-34(21-22-35(32)41(29)37)45-48-43(30-11-4-3-5-12-30)47-44(49-45)33-19-16-28-10-6-7-13-31(28)26-33/h3-27H,1-2H3. The van der Waals surface area contributed by atoms with Crippen molar-refractivity contribution in [3.05, 3.63) is 163 Å². The van der Waals surface area contributed by atoms with Gasteiger partial charge in [-0.05, 0) is 77.5 Å². The molecule has 0 atom stereocenters. The maximum atomic E-state index is 5.08. The topological polar surface area (TPSA) is 38.7 Å². The first-order valence-corrected chi connectivity index (χ1v) is 16.9. The predicted octanol–water partition coefficient (Wildman–Crippen LogP) is 11.8. The highest BCUT2D eigenvalue weighted by Crippen LogP contribution is 2.52. The summed E-state index contributed by atoms with van der Waals surface area (Å²) in [6, 6.07) is 54.2. The van der Waals surface area contributed by atoms with Gasteiger partial charge in [-0.2, -0.15) is 0 Å². The lowest BCUT2D eigenvalue weighted by Gasteiger charge is -2.23. The van der Waals surface area contributed by atoms with Crippen LogP contribution in [0.1, 0.15) is 25.0 Å². The van der Waals surface area contributed by atoms with E-state index >= 15 is 0 Å². The van der Waals surface area contributed by atoms with Crippen molar-refractivity contribution < 1.29 is 0 Å². The zero-order valence-corrected chi connectivity index (χ0v) is 27.3. The zero-order chi connectivity index (χ0) is 32.7. The van der Waals surface area contributed by atoms with E-state index in [1.807, 2.05) is 18.2 Å². The fourth-order valence-corrected chi connectivity index (χ4v) is 8.08. The van der Waals surface area contributed by atoms with Crippen LogP contribution in [0.5, 0.6) is 0 Å². The fraction of sp³-hybridized carbons (Fsp3) is 0.0652. The molecule has 0 aliphatic heterocycles. The zero-order valence-electron chi connectivity index (χ0n) is 27.3. The van der Waals surface area contributed by atoms with Gasteiger partial charge in [-0.25, -0.2) is 15.0 Å². The average molecular weight is 626 g/mol. The SMILES string of the molecule is CC1(C)c2ccccc2-c2ccc3c(ccc4ccc5cc(-c6nc(-c7ccccc7)nc(-c7ccc8ccccc8c7)n6)ccc5c43)c21. The number of aromatic nitrogens is 3. The molecular weight excluding hydrogens is 595 g/mol. The number of rotatable bonds is 3. The number of nitrogens with zero attached hydrogens (tertiary/aromatic N) is 3. The number of hydrogen-bond acceptors (Lipinski definition) is 3. The second-order valence-corrected chi connectivity index (χ2v) is 13.7. The summed E-state index contributed by atoms with van der Waals surface area (Å²) in [6.07, 6.45) is 0. The lowest BCUT2D eigenvalue weighted by molar-refractivity contribution is 0.666. The first kappa shape index (κ1) is 27.9. The lowest BCUT2D eigenvalue weighted by Crippen LogP contribution is -2.15. The molecule has 1 aliphatic carbocycles. The van der Waals surface area contributed by atoms with Crippen molar-refractivity contribution in [2.75, 3.05) is 0 Å². The third-order valence-corrected chi connectivity index (χ3v) is 10.4. The summed E-state index contributed by atoms with van der Waals surface area (Å²) in [6.45, 7) is 4.72. The van der Waals surface area contributed by atoms with Gasteiger partial charge in [0, 0.05) is 22.1 Å². The summed E-state index contributed by atoms with van der Waals surface area (Å²) in [5.41, 5.74) is 8.33. The fourth-order valence-electron chi connectivity index (χ4n) is 8.08. The minimum atomic E-state index is -0.0746. The van der Waals surface area contributed by atoms with Crippen molar-refractivity contribution in [2.45, 2.75) is 19.3 Å². The minimum absolute atomic E-state index is 0.0746. The quantitative estimate of drug-likeness (QED) is 0.183. The Bertz CT molecular complexity index is 2800. The second-order valence-electron chi connectivity index (χ2n) is 13.7. The van der Waals surface area contributed by atoms with Gasteiger partial charge in [0.15, 0.2) is 17.5 Å². The molecule has 0 unspecified atom stereocenters. The summed E-state index contributed by atoms with van der Waals surface area (Å²) >= 11 is 0. The molecule has 0 saturated carbocycles. The van der Waals surface area contributed by atoms with Gasteiger partial charge in [0.05, 0.1) is 0 Å². The summed E-state index contributed by atoms with van der Waals surface area (Å²) in [5.74, 6) is 1.99. The molecule has 0 fully saturated rings. The molecule has 9 aromatic rings. The predicted molar refractivity (Wildman–Crippen MR) is 204 cm³/mol. The van der Waals surface area contributed by atoms with Crippen molar-refractivity contribution in [3.63, 3.8) is 0 Å². The molecule has 10 rings (SSSR count). The van der Waals surface area contributed by atoms with Crippen LogP contribution in [0, 0.1) is 0 Å². The van der Waals surface area contributed by atoms with Crippen LogP contribution < -0.4 is 0 Å². The number of benzene rings is 8. The highest BCUT2D eigenvalue weighted by molar-refractivity contribution is 6.22. The molecule has 1 aliphatic rings. The van der Waals surface area contributed by atoms with E-state index in [9.17, 15) is 0 Å².